The van der Waals surface area contributed by atoms with Gasteiger partial charge >= 0.3 is 0 Å². The Morgan fingerprint density at radius 1 is 1.22 bits per heavy atom. The van der Waals surface area contributed by atoms with Crippen molar-refractivity contribution in [3.8, 4) is 0 Å². The first-order chi connectivity index (χ1) is 8.46. The van der Waals surface area contributed by atoms with E-state index >= 15 is 0 Å². The summed E-state index contributed by atoms with van der Waals surface area (Å²) in [5, 5.41) is 0. The van der Waals surface area contributed by atoms with Crippen molar-refractivity contribution in [2.45, 2.75) is 70.5 Å². The van der Waals surface area contributed by atoms with Crippen LogP contribution in [0.3, 0.4) is 0 Å². The fourth-order valence-corrected chi connectivity index (χ4v) is 3.46. The Morgan fingerprint density at radius 3 is 2.72 bits per heavy atom. The van der Waals surface area contributed by atoms with Crippen molar-refractivity contribution in [3.63, 3.8) is 0 Å². The van der Waals surface area contributed by atoms with E-state index in [1.54, 1.807) is 0 Å². The summed E-state index contributed by atoms with van der Waals surface area (Å²) >= 11 is 0. The average Bonchev–Trinajstić information content (AvgIpc) is 2.28. The summed E-state index contributed by atoms with van der Waals surface area (Å²) in [4.78, 5) is 5.41. The minimum atomic E-state index is -0.00407. The minimum absolute atomic E-state index is 0.00407. The predicted octanol–water partition coefficient (Wildman–Crippen LogP) is 2.06. The van der Waals surface area contributed by atoms with E-state index in [9.17, 15) is 0 Å². The molecule has 18 heavy (non-hydrogen) atoms. The second-order valence-corrected chi connectivity index (χ2v) is 7.08. The summed E-state index contributed by atoms with van der Waals surface area (Å²) < 4.78 is 0. The summed E-state index contributed by atoms with van der Waals surface area (Å²) in [6.45, 7) is 11.8. The van der Waals surface area contributed by atoms with Crippen LogP contribution in [0.1, 0.15) is 52.9 Å². The number of fused-ring (bicyclic) bond motifs is 1. The van der Waals surface area contributed by atoms with Crippen molar-refractivity contribution in [3.05, 3.63) is 0 Å². The number of rotatable bonds is 4. The lowest BCUT2D eigenvalue weighted by molar-refractivity contribution is 0.0141. The van der Waals surface area contributed by atoms with Gasteiger partial charge in [-0.15, -0.1) is 0 Å². The molecule has 0 amide bonds. The van der Waals surface area contributed by atoms with Crippen molar-refractivity contribution in [1.82, 2.24) is 9.80 Å². The summed E-state index contributed by atoms with van der Waals surface area (Å²) in [5.74, 6) is 0. The molecule has 0 aliphatic carbocycles. The van der Waals surface area contributed by atoms with Crippen LogP contribution >= 0.6 is 0 Å². The molecule has 0 bridgehead atoms. The molecule has 0 aromatic carbocycles. The Bertz CT molecular complexity index is 259. The average molecular weight is 253 g/mol. The Kier molecular flexibility index (Phi) is 4.68. The lowest BCUT2D eigenvalue weighted by Gasteiger charge is -2.47. The van der Waals surface area contributed by atoms with Crippen LogP contribution in [0, 0.1) is 0 Å². The first-order valence-corrected chi connectivity index (χ1v) is 7.73. The topological polar surface area (TPSA) is 32.5 Å². The summed E-state index contributed by atoms with van der Waals surface area (Å²) in [6.07, 6.45) is 6.61. The maximum Gasteiger partial charge on any atom is 0.0223 e. The molecule has 2 rings (SSSR count). The lowest BCUT2D eigenvalue weighted by Crippen LogP contribution is -2.58. The predicted molar refractivity (Wildman–Crippen MR) is 77.7 cm³/mol. The monoisotopic (exact) mass is 253 g/mol. The molecule has 0 saturated carbocycles. The summed E-state index contributed by atoms with van der Waals surface area (Å²) in [7, 11) is 0. The van der Waals surface area contributed by atoms with Crippen LogP contribution in [0.25, 0.3) is 0 Å². The van der Waals surface area contributed by atoms with E-state index in [0.717, 1.165) is 18.5 Å². The highest BCUT2D eigenvalue weighted by Crippen LogP contribution is 2.24. The second kappa shape index (κ2) is 5.89. The maximum atomic E-state index is 6.07. The van der Waals surface area contributed by atoms with E-state index in [4.69, 9.17) is 5.73 Å². The van der Waals surface area contributed by atoms with Crippen LogP contribution in [0.5, 0.6) is 0 Å². The Balaban J connectivity index is 1.78. The van der Waals surface area contributed by atoms with Gasteiger partial charge in [-0.2, -0.15) is 0 Å². The Morgan fingerprint density at radius 2 is 2.00 bits per heavy atom. The molecule has 2 saturated heterocycles. The zero-order chi connectivity index (χ0) is 13.2. The first-order valence-electron chi connectivity index (χ1n) is 7.73. The van der Waals surface area contributed by atoms with E-state index < -0.39 is 0 Å². The molecule has 0 radical (unpaired) electrons. The second-order valence-electron chi connectivity index (χ2n) is 7.08. The largest absolute Gasteiger partial charge is 0.326 e. The van der Waals surface area contributed by atoms with Crippen LogP contribution in [0.15, 0.2) is 0 Å². The molecule has 2 aliphatic rings. The molecular weight excluding hydrogens is 222 g/mol. The zero-order valence-corrected chi connectivity index (χ0v) is 12.5. The van der Waals surface area contributed by atoms with Crippen LogP contribution < -0.4 is 5.73 Å². The highest BCUT2D eigenvalue weighted by Gasteiger charge is 2.32. The van der Waals surface area contributed by atoms with Gasteiger partial charge in [0.05, 0.1) is 0 Å². The number of hydrogen-bond donors (Lipinski definition) is 1. The van der Waals surface area contributed by atoms with Gasteiger partial charge in [-0.1, -0.05) is 6.42 Å². The van der Waals surface area contributed by atoms with Crippen molar-refractivity contribution in [1.29, 1.82) is 0 Å². The molecule has 106 valence electrons. The van der Waals surface area contributed by atoms with Crippen molar-refractivity contribution in [2.75, 3.05) is 26.2 Å². The third-order valence-corrected chi connectivity index (χ3v) is 4.58. The molecule has 2 atom stereocenters. The number of piperazine rings is 1. The third kappa shape index (κ3) is 3.94. The van der Waals surface area contributed by atoms with Gasteiger partial charge in [0.15, 0.2) is 0 Å². The van der Waals surface area contributed by atoms with E-state index in [1.807, 2.05) is 0 Å². The molecule has 0 aromatic heterocycles. The van der Waals surface area contributed by atoms with Crippen LogP contribution in [-0.2, 0) is 0 Å². The summed E-state index contributed by atoms with van der Waals surface area (Å²) in [6, 6.07) is 1.56. The Hall–Kier alpha value is -0.120. The lowest BCUT2D eigenvalue weighted by atomic mass is 9.96. The van der Waals surface area contributed by atoms with Crippen LogP contribution in [0.2, 0.25) is 0 Å². The van der Waals surface area contributed by atoms with Crippen molar-refractivity contribution >= 4 is 0 Å². The fraction of sp³-hybridized carbons (Fsp3) is 1.00. The molecular formula is C15H31N3. The SMILES string of the molecule is CC1CN2CCCCC2CN1CCCC(C)(C)N. The molecule has 0 spiro atoms. The molecule has 3 heteroatoms. The van der Waals surface area contributed by atoms with Gasteiger partial charge in [-0.25, -0.2) is 0 Å². The van der Waals surface area contributed by atoms with Gasteiger partial charge in [-0.05, 0) is 59.5 Å². The molecule has 2 aliphatic heterocycles. The standard InChI is InChI=1S/C15H31N3/c1-13-11-18-9-5-4-7-14(18)12-17(13)10-6-8-15(2,3)16/h13-14H,4-12,16H2,1-3H3. The van der Waals surface area contributed by atoms with Crippen LogP contribution in [-0.4, -0.2) is 53.6 Å². The van der Waals surface area contributed by atoms with Gasteiger partial charge in [-0.3, -0.25) is 9.80 Å². The molecule has 2 unspecified atom stereocenters. The van der Waals surface area contributed by atoms with Gasteiger partial charge in [0.2, 0.25) is 0 Å². The minimum Gasteiger partial charge on any atom is -0.326 e. The van der Waals surface area contributed by atoms with Gasteiger partial charge in [0.25, 0.3) is 0 Å². The number of hydrogen-bond acceptors (Lipinski definition) is 3. The summed E-state index contributed by atoms with van der Waals surface area (Å²) in [5.41, 5.74) is 6.06. The van der Waals surface area contributed by atoms with Gasteiger partial charge < -0.3 is 5.73 Å². The Labute approximate surface area is 113 Å². The molecule has 0 aromatic rings. The van der Waals surface area contributed by atoms with Crippen molar-refractivity contribution in [2.24, 2.45) is 5.73 Å². The van der Waals surface area contributed by atoms with Crippen molar-refractivity contribution < 1.29 is 0 Å². The van der Waals surface area contributed by atoms with E-state index in [2.05, 4.69) is 30.6 Å². The first kappa shape index (κ1) is 14.3. The molecule has 2 fully saturated rings. The number of piperidine rings is 1. The molecule has 3 nitrogen and oxygen atoms in total. The highest BCUT2D eigenvalue weighted by molar-refractivity contribution is 4.89. The quantitative estimate of drug-likeness (QED) is 0.832. The third-order valence-electron chi connectivity index (χ3n) is 4.58. The maximum absolute atomic E-state index is 6.07. The molecule has 2 N–H and O–H groups in total. The van der Waals surface area contributed by atoms with Gasteiger partial charge in [0.1, 0.15) is 0 Å². The highest BCUT2D eigenvalue weighted by atomic mass is 15.3. The zero-order valence-electron chi connectivity index (χ0n) is 12.5. The fourth-order valence-electron chi connectivity index (χ4n) is 3.46. The number of nitrogens with two attached hydrogens (primary N) is 1. The molecule has 2 heterocycles. The van der Waals surface area contributed by atoms with E-state index in [0.29, 0.717) is 0 Å². The van der Waals surface area contributed by atoms with E-state index in [1.165, 1.54) is 51.9 Å². The van der Waals surface area contributed by atoms with Gasteiger partial charge in [0, 0.05) is 30.7 Å². The smallest absolute Gasteiger partial charge is 0.0223 e. The number of nitrogens with zero attached hydrogens (tertiary/aromatic N) is 2. The van der Waals surface area contributed by atoms with Crippen LogP contribution in [0.4, 0.5) is 0 Å². The normalized spacial score (nSPS) is 31.3. The van der Waals surface area contributed by atoms with E-state index in [-0.39, 0.29) is 5.54 Å².